The number of ether oxygens (including phenoxy) is 2. The van der Waals surface area contributed by atoms with Crippen LogP contribution in [0.1, 0.15) is 35.3 Å². The number of carbonyl (C=O) groups excluding carboxylic acids is 1. The third-order valence-electron chi connectivity index (χ3n) is 6.06. The number of nitro groups is 1. The third kappa shape index (κ3) is 5.52. The molecule has 0 atom stereocenters. The predicted molar refractivity (Wildman–Crippen MR) is 141 cm³/mol. The molecule has 0 spiro atoms. The summed E-state index contributed by atoms with van der Waals surface area (Å²) in [6.07, 6.45) is 1.68. The molecular weight excluding hydrogens is 470 g/mol. The molecule has 1 heterocycles. The van der Waals surface area contributed by atoms with Crippen LogP contribution in [-0.4, -0.2) is 30.6 Å². The number of esters is 1. The smallest absolute Gasteiger partial charge is 0.338 e. The predicted octanol–water partition coefficient (Wildman–Crippen LogP) is 6.01. The Kier molecular flexibility index (Phi) is 7.65. The lowest BCUT2D eigenvalue weighted by atomic mass is 9.98. The maximum absolute atomic E-state index is 12.6. The second-order valence-corrected chi connectivity index (χ2v) is 8.22. The number of allylic oxidation sites excluding steroid dienone is 2. The molecule has 1 aliphatic heterocycles. The van der Waals surface area contributed by atoms with E-state index in [4.69, 9.17) is 9.47 Å². The Bertz CT molecular complexity index is 1420. The van der Waals surface area contributed by atoms with Crippen LogP contribution < -0.4 is 9.64 Å². The summed E-state index contributed by atoms with van der Waals surface area (Å²) >= 11 is 0. The Morgan fingerprint density at radius 3 is 2.35 bits per heavy atom. The molecule has 0 fully saturated rings. The lowest BCUT2D eigenvalue weighted by Gasteiger charge is -2.26. The van der Waals surface area contributed by atoms with Gasteiger partial charge in [0.1, 0.15) is 29.8 Å². The van der Waals surface area contributed by atoms with Crippen molar-refractivity contribution >= 4 is 28.5 Å². The Morgan fingerprint density at radius 2 is 1.73 bits per heavy atom. The van der Waals surface area contributed by atoms with Gasteiger partial charge in [-0.05, 0) is 61.9 Å². The average Bonchev–Trinajstić information content (AvgIpc) is 2.93. The van der Waals surface area contributed by atoms with Crippen LogP contribution in [0.15, 0.2) is 84.6 Å². The molecule has 3 aromatic carbocycles. The second kappa shape index (κ2) is 11.2. The van der Waals surface area contributed by atoms with Crippen molar-refractivity contribution in [2.75, 3.05) is 24.6 Å². The lowest BCUT2D eigenvalue weighted by Crippen LogP contribution is -2.22. The van der Waals surface area contributed by atoms with Gasteiger partial charge in [-0.1, -0.05) is 18.2 Å². The maximum Gasteiger partial charge on any atom is 0.338 e. The van der Waals surface area contributed by atoms with Crippen molar-refractivity contribution in [1.29, 1.82) is 5.26 Å². The topological polar surface area (TPSA) is 106 Å². The molecule has 0 aromatic heterocycles. The molecule has 0 aliphatic carbocycles. The minimum Gasteiger partial charge on any atom is -0.457 e. The minimum atomic E-state index is -0.496. The van der Waals surface area contributed by atoms with Gasteiger partial charge in [-0.2, -0.15) is 5.26 Å². The third-order valence-corrected chi connectivity index (χ3v) is 6.06. The van der Waals surface area contributed by atoms with Crippen LogP contribution in [0.3, 0.4) is 0 Å². The first-order valence-corrected chi connectivity index (χ1v) is 11.8. The molecule has 0 N–H and O–H groups in total. The standard InChI is InChI=1S/C29H25N3O5/c1-3-31(4-2)24-14-15-25-22(19-36-29(33)21-8-6-5-7-9-21)16-27(37-28(25)17-24)26(18-30)20-10-12-23(13-11-20)32(34)35/h5-17H,3-4,19H2,1-2H3/b27-26+. The van der Waals surface area contributed by atoms with E-state index in [0.29, 0.717) is 22.4 Å². The van der Waals surface area contributed by atoms with Gasteiger partial charge in [0, 0.05) is 48.1 Å². The van der Waals surface area contributed by atoms with Crippen LogP contribution in [0.2, 0.25) is 0 Å². The highest BCUT2D eigenvalue weighted by Crippen LogP contribution is 2.38. The number of non-ortho nitro benzene ring substituents is 1. The molecule has 0 bridgehead atoms. The number of rotatable bonds is 8. The zero-order valence-corrected chi connectivity index (χ0v) is 20.5. The van der Waals surface area contributed by atoms with E-state index < -0.39 is 10.9 Å². The Balaban J connectivity index is 1.75. The molecule has 37 heavy (non-hydrogen) atoms. The maximum atomic E-state index is 12.6. The molecule has 4 rings (SSSR count). The van der Waals surface area contributed by atoms with Crippen LogP contribution in [-0.2, 0) is 4.74 Å². The van der Waals surface area contributed by atoms with Gasteiger partial charge >= 0.3 is 5.97 Å². The number of hydrogen-bond acceptors (Lipinski definition) is 7. The molecule has 0 amide bonds. The fraction of sp³-hybridized carbons (Fsp3) is 0.172. The number of nitriles is 1. The lowest BCUT2D eigenvalue weighted by molar-refractivity contribution is -0.384. The first-order chi connectivity index (χ1) is 17.9. The monoisotopic (exact) mass is 495 g/mol. The number of fused-ring (bicyclic) bond motifs is 1. The Labute approximate surface area is 214 Å². The van der Waals surface area contributed by atoms with Crippen molar-refractivity contribution in [3.8, 4) is 11.8 Å². The summed E-state index contributed by atoms with van der Waals surface area (Å²) in [4.78, 5) is 25.3. The molecule has 8 heteroatoms. The largest absolute Gasteiger partial charge is 0.457 e. The van der Waals surface area contributed by atoms with Crippen LogP contribution in [0.25, 0.3) is 11.1 Å². The summed E-state index contributed by atoms with van der Waals surface area (Å²) in [5, 5.41) is 21.0. The van der Waals surface area contributed by atoms with E-state index in [0.717, 1.165) is 24.3 Å². The van der Waals surface area contributed by atoms with Gasteiger partial charge in [-0.15, -0.1) is 0 Å². The summed E-state index contributed by atoms with van der Waals surface area (Å²) in [6.45, 7) is 5.71. The molecule has 0 saturated carbocycles. The van der Waals surface area contributed by atoms with E-state index in [1.165, 1.54) is 24.3 Å². The summed E-state index contributed by atoms with van der Waals surface area (Å²) in [6, 6.07) is 22.4. The fourth-order valence-electron chi connectivity index (χ4n) is 4.09. The molecule has 1 aliphatic rings. The molecule has 3 aromatic rings. The van der Waals surface area contributed by atoms with Crippen LogP contribution >= 0.6 is 0 Å². The summed E-state index contributed by atoms with van der Waals surface area (Å²) < 4.78 is 11.8. The number of nitrogens with zero attached hydrogens (tertiary/aromatic N) is 3. The van der Waals surface area contributed by atoms with E-state index in [1.54, 1.807) is 30.3 Å². The van der Waals surface area contributed by atoms with Crippen molar-refractivity contribution in [3.63, 3.8) is 0 Å². The van der Waals surface area contributed by atoms with Crippen molar-refractivity contribution < 1.29 is 19.2 Å². The zero-order valence-electron chi connectivity index (χ0n) is 20.5. The average molecular weight is 496 g/mol. The molecule has 186 valence electrons. The first kappa shape index (κ1) is 25.2. The molecule has 0 saturated heterocycles. The van der Waals surface area contributed by atoms with Crippen LogP contribution in [0, 0.1) is 21.4 Å². The molecule has 0 radical (unpaired) electrons. The highest BCUT2D eigenvalue weighted by molar-refractivity contribution is 5.91. The van der Waals surface area contributed by atoms with Crippen LogP contribution in [0.4, 0.5) is 11.4 Å². The quantitative estimate of drug-likeness (QED) is 0.163. The number of benzene rings is 3. The Morgan fingerprint density at radius 1 is 1.03 bits per heavy atom. The second-order valence-electron chi connectivity index (χ2n) is 8.22. The van der Waals surface area contributed by atoms with Crippen molar-refractivity contribution in [3.05, 3.63) is 111 Å². The van der Waals surface area contributed by atoms with E-state index in [-0.39, 0.29) is 23.6 Å². The van der Waals surface area contributed by atoms with Crippen molar-refractivity contribution in [2.45, 2.75) is 13.8 Å². The molecule has 8 nitrogen and oxygen atoms in total. The number of hydrogen-bond donors (Lipinski definition) is 0. The number of nitro benzene ring substituents is 1. The van der Waals surface area contributed by atoms with E-state index in [9.17, 15) is 20.2 Å². The zero-order chi connectivity index (χ0) is 26.4. The van der Waals surface area contributed by atoms with E-state index in [1.807, 2.05) is 24.3 Å². The normalized spacial score (nSPS) is 13.4. The van der Waals surface area contributed by atoms with Gasteiger partial charge in [0.05, 0.1) is 10.5 Å². The number of carbonyl (C=O) groups is 1. The van der Waals surface area contributed by atoms with Crippen molar-refractivity contribution in [2.24, 2.45) is 0 Å². The van der Waals surface area contributed by atoms with Gasteiger partial charge < -0.3 is 14.4 Å². The van der Waals surface area contributed by atoms with Crippen molar-refractivity contribution in [1.82, 2.24) is 0 Å². The van der Waals surface area contributed by atoms with Crippen LogP contribution in [0.5, 0.6) is 5.75 Å². The molecular formula is C29H25N3O5. The summed E-state index contributed by atoms with van der Waals surface area (Å²) in [5.41, 5.74) is 3.42. The van der Waals surface area contributed by atoms with Gasteiger partial charge in [0.25, 0.3) is 5.69 Å². The SMILES string of the molecule is CCN(CC)c1ccc2c(c1)O/C(=C(\C#N)c1ccc([N+](=O)[O-])cc1)C=C2COC(=O)c1ccccc1. The number of anilines is 1. The highest BCUT2D eigenvalue weighted by atomic mass is 16.6. The minimum absolute atomic E-state index is 0.0306. The Hall–Kier alpha value is -4.90. The van der Waals surface area contributed by atoms with Gasteiger partial charge in [0.15, 0.2) is 0 Å². The molecule has 0 unspecified atom stereocenters. The van der Waals surface area contributed by atoms with E-state index in [2.05, 4.69) is 24.8 Å². The van der Waals surface area contributed by atoms with Gasteiger partial charge in [-0.25, -0.2) is 4.79 Å². The first-order valence-electron chi connectivity index (χ1n) is 11.8. The van der Waals surface area contributed by atoms with Gasteiger partial charge in [0.2, 0.25) is 0 Å². The highest BCUT2D eigenvalue weighted by Gasteiger charge is 2.23. The van der Waals surface area contributed by atoms with Gasteiger partial charge in [-0.3, -0.25) is 10.1 Å². The van der Waals surface area contributed by atoms with E-state index >= 15 is 0 Å². The summed E-state index contributed by atoms with van der Waals surface area (Å²) in [5.74, 6) is 0.337. The fourth-order valence-corrected chi connectivity index (χ4v) is 4.09. The summed E-state index contributed by atoms with van der Waals surface area (Å²) in [7, 11) is 0.